The van der Waals surface area contributed by atoms with Crippen LogP contribution in [0.3, 0.4) is 0 Å². The van der Waals surface area contributed by atoms with E-state index in [0.717, 1.165) is 10.5 Å². The van der Waals surface area contributed by atoms with Crippen molar-refractivity contribution in [2.75, 3.05) is 0 Å². The molecule has 2 nitrogen and oxygen atoms in total. The molecule has 0 amide bonds. The Morgan fingerprint density at radius 3 is 2.55 bits per heavy atom. The van der Waals surface area contributed by atoms with Gasteiger partial charge in [0.1, 0.15) is 0 Å². The molecular weight excluding hydrogens is 268 g/mol. The van der Waals surface area contributed by atoms with E-state index in [2.05, 4.69) is 32.0 Å². The molecule has 1 N–H and O–H groups in total. The van der Waals surface area contributed by atoms with Crippen LogP contribution in [0, 0.1) is 13.8 Å². The van der Waals surface area contributed by atoms with Crippen molar-refractivity contribution in [1.29, 1.82) is 0 Å². The van der Waals surface area contributed by atoms with Gasteiger partial charge < -0.3 is 5.11 Å². The molecule has 0 aliphatic rings. The Morgan fingerprint density at radius 2 is 1.85 bits per heavy atom. The van der Waals surface area contributed by atoms with E-state index in [0.29, 0.717) is 0 Å². The van der Waals surface area contributed by atoms with Crippen LogP contribution in [0.1, 0.15) is 16.7 Å². The molecule has 0 aliphatic heterocycles. The molecule has 3 heteroatoms. The summed E-state index contributed by atoms with van der Waals surface area (Å²) in [6, 6.07) is 14.1. The van der Waals surface area contributed by atoms with E-state index >= 15 is 0 Å². The first-order chi connectivity index (χ1) is 9.56. The molecule has 0 unspecified atom stereocenters. The largest absolute Gasteiger partial charge is 0.478 e. The van der Waals surface area contributed by atoms with Gasteiger partial charge in [-0.05, 0) is 43.2 Å². The number of carboxylic acid groups (broad SMARTS) is 1. The molecule has 0 bridgehead atoms. The number of carboxylic acids is 1. The second kappa shape index (κ2) is 6.44. The van der Waals surface area contributed by atoms with Crippen molar-refractivity contribution in [2.24, 2.45) is 0 Å². The number of aliphatic carboxylic acids is 1. The summed E-state index contributed by atoms with van der Waals surface area (Å²) in [5.41, 5.74) is 3.39. The van der Waals surface area contributed by atoms with E-state index in [-0.39, 0.29) is 0 Å². The number of benzene rings is 2. The van der Waals surface area contributed by atoms with Gasteiger partial charge in [-0.25, -0.2) is 4.79 Å². The molecule has 0 saturated heterocycles. The molecule has 0 aromatic heterocycles. The first-order valence-corrected chi connectivity index (χ1v) is 7.13. The highest BCUT2D eigenvalue weighted by Gasteiger charge is 2.05. The third-order valence-corrected chi connectivity index (χ3v) is 4.14. The first-order valence-electron chi connectivity index (χ1n) is 6.31. The Morgan fingerprint density at radius 1 is 1.10 bits per heavy atom. The molecule has 20 heavy (non-hydrogen) atoms. The van der Waals surface area contributed by atoms with Crippen molar-refractivity contribution < 1.29 is 9.90 Å². The van der Waals surface area contributed by atoms with Gasteiger partial charge in [-0.1, -0.05) is 47.7 Å². The van der Waals surface area contributed by atoms with E-state index in [1.54, 1.807) is 17.8 Å². The Hall–Kier alpha value is -2.00. The Labute approximate surface area is 123 Å². The molecule has 0 atom stereocenters. The molecule has 0 saturated carbocycles. The van der Waals surface area contributed by atoms with Crippen molar-refractivity contribution in [3.8, 4) is 0 Å². The van der Waals surface area contributed by atoms with Gasteiger partial charge in [0.15, 0.2) is 0 Å². The minimum Gasteiger partial charge on any atom is -0.478 e. The van der Waals surface area contributed by atoms with Gasteiger partial charge in [-0.15, -0.1) is 0 Å². The Kier molecular flexibility index (Phi) is 4.64. The van der Waals surface area contributed by atoms with Gasteiger partial charge in [-0.3, -0.25) is 0 Å². The minimum absolute atomic E-state index is 0.917. The Bertz CT molecular complexity index is 660. The summed E-state index contributed by atoms with van der Waals surface area (Å²) in [6.07, 6.45) is 2.80. The summed E-state index contributed by atoms with van der Waals surface area (Å²) in [6.45, 7) is 4.16. The number of aryl methyl sites for hydroxylation is 2. The molecule has 0 radical (unpaired) electrons. The van der Waals surface area contributed by atoms with Crippen LogP contribution in [0.2, 0.25) is 0 Å². The lowest BCUT2D eigenvalue weighted by atomic mass is 10.2. The summed E-state index contributed by atoms with van der Waals surface area (Å²) in [5, 5.41) is 8.74. The lowest BCUT2D eigenvalue weighted by Gasteiger charge is -2.09. The SMILES string of the molecule is Cc1ccc(Sc2ccccc2/C=C/C(=O)O)c(C)c1. The summed E-state index contributed by atoms with van der Waals surface area (Å²) < 4.78 is 0. The van der Waals surface area contributed by atoms with Crippen molar-refractivity contribution in [3.63, 3.8) is 0 Å². The molecular formula is C17H16O2S. The van der Waals surface area contributed by atoms with Gasteiger partial charge in [0.2, 0.25) is 0 Å². The van der Waals surface area contributed by atoms with Crippen molar-refractivity contribution in [2.45, 2.75) is 23.6 Å². The molecule has 2 rings (SSSR count). The average Bonchev–Trinajstić information content (AvgIpc) is 2.41. The minimum atomic E-state index is -0.934. The molecule has 0 spiro atoms. The highest BCUT2D eigenvalue weighted by atomic mass is 32.2. The van der Waals surface area contributed by atoms with Gasteiger partial charge >= 0.3 is 5.97 Å². The second-order valence-corrected chi connectivity index (χ2v) is 5.66. The third-order valence-electron chi connectivity index (χ3n) is 2.87. The predicted molar refractivity (Wildman–Crippen MR) is 83.2 cm³/mol. The fraction of sp³-hybridized carbons (Fsp3) is 0.118. The van der Waals surface area contributed by atoms with Crippen LogP contribution in [0.25, 0.3) is 6.08 Å². The van der Waals surface area contributed by atoms with E-state index in [4.69, 9.17) is 5.11 Å². The van der Waals surface area contributed by atoms with Crippen LogP contribution >= 0.6 is 11.8 Å². The lowest BCUT2D eigenvalue weighted by Crippen LogP contribution is -1.87. The van der Waals surface area contributed by atoms with Gasteiger partial charge in [0.05, 0.1) is 0 Å². The predicted octanol–water partition coefficient (Wildman–Crippen LogP) is 4.55. The van der Waals surface area contributed by atoms with Crippen LogP contribution in [0.15, 0.2) is 58.3 Å². The van der Waals surface area contributed by atoms with Crippen LogP contribution in [0.4, 0.5) is 0 Å². The van der Waals surface area contributed by atoms with Crippen LogP contribution < -0.4 is 0 Å². The number of rotatable bonds is 4. The first kappa shape index (κ1) is 14.4. The molecule has 102 valence electrons. The summed E-state index contributed by atoms with van der Waals surface area (Å²) in [4.78, 5) is 12.9. The van der Waals surface area contributed by atoms with Crippen LogP contribution in [-0.2, 0) is 4.79 Å². The topological polar surface area (TPSA) is 37.3 Å². The standard InChI is InChI=1S/C17H16O2S/c1-12-7-9-15(13(2)11-12)20-16-6-4-3-5-14(16)8-10-17(18)19/h3-11H,1-2H3,(H,18,19)/b10-8+. The van der Waals surface area contributed by atoms with Crippen molar-refractivity contribution in [3.05, 3.63) is 65.2 Å². The summed E-state index contributed by atoms with van der Waals surface area (Å²) >= 11 is 1.66. The highest BCUT2D eigenvalue weighted by molar-refractivity contribution is 7.99. The number of hydrogen-bond donors (Lipinski definition) is 1. The smallest absolute Gasteiger partial charge is 0.328 e. The second-order valence-electron chi connectivity index (χ2n) is 4.58. The zero-order valence-electron chi connectivity index (χ0n) is 11.5. The number of carbonyl (C=O) groups is 1. The molecule has 0 aliphatic carbocycles. The summed E-state index contributed by atoms with van der Waals surface area (Å²) in [7, 11) is 0. The van der Waals surface area contributed by atoms with Gasteiger partial charge in [0.25, 0.3) is 0 Å². The molecule has 0 heterocycles. The molecule has 0 fully saturated rings. The van der Waals surface area contributed by atoms with E-state index in [1.807, 2.05) is 24.3 Å². The zero-order chi connectivity index (χ0) is 14.5. The van der Waals surface area contributed by atoms with Crippen molar-refractivity contribution >= 4 is 23.8 Å². The summed E-state index contributed by atoms with van der Waals surface area (Å²) in [5.74, 6) is -0.934. The van der Waals surface area contributed by atoms with Crippen LogP contribution in [-0.4, -0.2) is 11.1 Å². The average molecular weight is 284 g/mol. The number of hydrogen-bond acceptors (Lipinski definition) is 2. The van der Waals surface area contributed by atoms with Crippen LogP contribution in [0.5, 0.6) is 0 Å². The third kappa shape index (κ3) is 3.75. The zero-order valence-corrected chi connectivity index (χ0v) is 12.3. The molecule has 2 aromatic rings. The van der Waals surface area contributed by atoms with Gasteiger partial charge in [0, 0.05) is 15.9 Å². The Balaban J connectivity index is 2.31. The fourth-order valence-electron chi connectivity index (χ4n) is 1.90. The molecule has 2 aromatic carbocycles. The normalized spacial score (nSPS) is 10.9. The maximum Gasteiger partial charge on any atom is 0.328 e. The van der Waals surface area contributed by atoms with E-state index in [1.165, 1.54) is 22.1 Å². The fourth-order valence-corrected chi connectivity index (χ4v) is 2.90. The highest BCUT2D eigenvalue weighted by Crippen LogP contribution is 2.33. The quantitative estimate of drug-likeness (QED) is 0.837. The van der Waals surface area contributed by atoms with Gasteiger partial charge in [-0.2, -0.15) is 0 Å². The maximum atomic E-state index is 10.6. The monoisotopic (exact) mass is 284 g/mol. The van der Waals surface area contributed by atoms with Crippen molar-refractivity contribution in [1.82, 2.24) is 0 Å². The lowest BCUT2D eigenvalue weighted by molar-refractivity contribution is -0.131. The van der Waals surface area contributed by atoms with E-state index < -0.39 is 5.97 Å². The van der Waals surface area contributed by atoms with E-state index in [9.17, 15) is 4.79 Å². The maximum absolute atomic E-state index is 10.6.